The molecular weight excluding hydrogens is 438 g/mol. The molecule has 2 aliphatic rings. The molecule has 0 aliphatic carbocycles. The summed E-state index contributed by atoms with van der Waals surface area (Å²) in [4.78, 5) is 15.0. The van der Waals surface area contributed by atoms with Crippen molar-refractivity contribution in [3.05, 3.63) is 60.2 Å². The first kappa shape index (κ1) is 23.9. The summed E-state index contributed by atoms with van der Waals surface area (Å²) in [5.74, 6) is -0.126. The maximum atomic E-state index is 12.9. The Labute approximate surface area is 196 Å². The van der Waals surface area contributed by atoms with Crippen molar-refractivity contribution in [3.8, 4) is 0 Å². The van der Waals surface area contributed by atoms with E-state index in [0.29, 0.717) is 31.9 Å². The van der Waals surface area contributed by atoms with E-state index in [0.717, 1.165) is 31.2 Å². The van der Waals surface area contributed by atoms with E-state index in [2.05, 4.69) is 10.2 Å². The number of sulfonamides is 1. The molecule has 1 amide bonds. The Hall–Kier alpha value is -2.26. The van der Waals surface area contributed by atoms with Crippen LogP contribution in [0.4, 0.5) is 5.69 Å². The fourth-order valence-corrected chi connectivity index (χ4v) is 6.08. The molecule has 0 aromatic heterocycles. The zero-order valence-corrected chi connectivity index (χ0v) is 20.0. The highest BCUT2D eigenvalue weighted by Crippen LogP contribution is 2.25. The van der Waals surface area contributed by atoms with Gasteiger partial charge >= 0.3 is 0 Å². The molecule has 0 bridgehead atoms. The van der Waals surface area contributed by atoms with E-state index in [1.165, 1.54) is 0 Å². The van der Waals surface area contributed by atoms with Crippen molar-refractivity contribution in [1.29, 1.82) is 0 Å². The zero-order chi connectivity index (χ0) is 23.3. The fourth-order valence-electron chi connectivity index (χ4n) is 4.56. The molecule has 2 aliphatic heterocycles. The lowest BCUT2D eigenvalue weighted by Crippen LogP contribution is -2.46. The van der Waals surface area contributed by atoms with Crippen LogP contribution in [0, 0.1) is 0 Å². The molecule has 1 N–H and O–H groups in total. The van der Waals surface area contributed by atoms with Gasteiger partial charge in [-0.2, -0.15) is 4.31 Å². The first-order chi connectivity index (χ1) is 15.9. The third-order valence-electron chi connectivity index (χ3n) is 6.22. The molecule has 0 radical (unpaired) electrons. The molecular formula is C25H33N3O4S. The quantitative estimate of drug-likeness (QED) is 0.696. The number of carbonyl (C=O) groups is 1. The van der Waals surface area contributed by atoms with Crippen LogP contribution in [0.5, 0.6) is 0 Å². The minimum Gasteiger partial charge on any atom is -0.368 e. The molecule has 2 saturated heterocycles. The number of nitrogens with one attached hydrogen (secondary N) is 1. The van der Waals surface area contributed by atoms with Crippen molar-refractivity contribution in [2.75, 3.05) is 38.0 Å². The fraction of sp³-hybridized carbons (Fsp3) is 0.480. The van der Waals surface area contributed by atoms with E-state index in [-0.39, 0.29) is 29.6 Å². The van der Waals surface area contributed by atoms with Crippen LogP contribution >= 0.6 is 0 Å². The molecule has 33 heavy (non-hydrogen) atoms. The third kappa shape index (κ3) is 6.20. The standard InChI is InChI=1S/C25H33N3O4S/c1-20-17-27(18-24(32-20)21-9-5-4-6-10-21)19-25(29)26-22-11-13-23(14-12-22)33(30,31)28-15-7-2-3-8-16-28/h4-6,9-14,20,24H,2-3,7-8,15-19H2,1H3,(H,26,29). The number of carbonyl (C=O) groups excluding carboxylic acids is 1. The predicted molar refractivity (Wildman–Crippen MR) is 128 cm³/mol. The number of morpholine rings is 1. The van der Waals surface area contributed by atoms with Crippen molar-refractivity contribution in [2.24, 2.45) is 0 Å². The third-order valence-corrected chi connectivity index (χ3v) is 8.13. The van der Waals surface area contributed by atoms with E-state index in [1.54, 1.807) is 28.6 Å². The van der Waals surface area contributed by atoms with Crippen molar-refractivity contribution in [3.63, 3.8) is 0 Å². The molecule has 4 rings (SSSR count). The molecule has 2 fully saturated rings. The summed E-state index contributed by atoms with van der Waals surface area (Å²) in [6.45, 7) is 4.75. The predicted octanol–water partition coefficient (Wildman–Crippen LogP) is 3.65. The average Bonchev–Trinajstić information content (AvgIpc) is 3.10. The number of rotatable bonds is 6. The van der Waals surface area contributed by atoms with Gasteiger partial charge in [-0.3, -0.25) is 9.69 Å². The Bertz CT molecular complexity index is 1020. The molecule has 8 heteroatoms. The van der Waals surface area contributed by atoms with E-state index in [4.69, 9.17) is 4.74 Å². The molecule has 2 aromatic rings. The van der Waals surface area contributed by atoms with Crippen LogP contribution in [-0.4, -0.2) is 62.4 Å². The lowest BCUT2D eigenvalue weighted by atomic mass is 10.1. The van der Waals surface area contributed by atoms with Crippen LogP contribution in [0.3, 0.4) is 0 Å². The summed E-state index contributed by atoms with van der Waals surface area (Å²) in [7, 11) is -3.49. The first-order valence-corrected chi connectivity index (χ1v) is 13.2. The summed E-state index contributed by atoms with van der Waals surface area (Å²) < 4.78 is 33.5. The van der Waals surface area contributed by atoms with E-state index in [9.17, 15) is 13.2 Å². The minimum absolute atomic E-state index is 0.0280. The van der Waals surface area contributed by atoms with Gasteiger partial charge in [0.1, 0.15) is 0 Å². The van der Waals surface area contributed by atoms with Gasteiger partial charge < -0.3 is 10.1 Å². The molecule has 7 nitrogen and oxygen atoms in total. The number of nitrogens with zero attached hydrogens (tertiary/aromatic N) is 2. The molecule has 2 atom stereocenters. The van der Waals surface area contributed by atoms with Gasteiger partial charge in [0.05, 0.1) is 23.6 Å². The highest BCUT2D eigenvalue weighted by Gasteiger charge is 2.28. The van der Waals surface area contributed by atoms with E-state index >= 15 is 0 Å². The van der Waals surface area contributed by atoms with Gasteiger partial charge in [-0.15, -0.1) is 0 Å². The van der Waals surface area contributed by atoms with Gasteiger partial charge in [0, 0.05) is 31.9 Å². The monoisotopic (exact) mass is 471 g/mol. The van der Waals surface area contributed by atoms with Gasteiger partial charge in [0.2, 0.25) is 15.9 Å². The van der Waals surface area contributed by atoms with Crippen LogP contribution in [-0.2, 0) is 19.6 Å². The van der Waals surface area contributed by atoms with Gasteiger partial charge in [0.25, 0.3) is 0 Å². The van der Waals surface area contributed by atoms with Crippen LogP contribution in [0.15, 0.2) is 59.5 Å². The Morgan fingerprint density at radius 2 is 1.64 bits per heavy atom. The molecule has 178 valence electrons. The second kappa shape index (κ2) is 10.8. The lowest BCUT2D eigenvalue weighted by molar-refractivity contribution is -0.122. The van der Waals surface area contributed by atoms with Gasteiger partial charge in [-0.25, -0.2) is 8.42 Å². The maximum Gasteiger partial charge on any atom is 0.243 e. The van der Waals surface area contributed by atoms with Crippen molar-refractivity contribution in [1.82, 2.24) is 9.21 Å². The highest BCUT2D eigenvalue weighted by molar-refractivity contribution is 7.89. The molecule has 2 aromatic carbocycles. The van der Waals surface area contributed by atoms with Gasteiger partial charge in [-0.05, 0) is 49.6 Å². The van der Waals surface area contributed by atoms with Crippen molar-refractivity contribution < 1.29 is 17.9 Å². The minimum atomic E-state index is -3.49. The van der Waals surface area contributed by atoms with Crippen molar-refractivity contribution in [2.45, 2.75) is 49.7 Å². The number of ether oxygens (including phenoxy) is 1. The molecule has 2 heterocycles. The maximum absolute atomic E-state index is 12.9. The summed E-state index contributed by atoms with van der Waals surface area (Å²) in [5.41, 5.74) is 1.70. The lowest BCUT2D eigenvalue weighted by Gasteiger charge is -2.36. The Morgan fingerprint density at radius 3 is 2.30 bits per heavy atom. The Kier molecular flexibility index (Phi) is 7.80. The van der Waals surface area contributed by atoms with Crippen molar-refractivity contribution >= 4 is 21.6 Å². The number of hydrogen-bond acceptors (Lipinski definition) is 5. The van der Waals surface area contributed by atoms with Gasteiger partial charge in [0.15, 0.2) is 0 Å². The molecule has 2 unspecified atom stereocenters. The van der Waals surface area contributed by atoms with Crippen LogP contribution < -0.4 is 5.32 Å². The molecule has 0 saturated carbocycles. The number of hydrogen-bond donors (Lipinski definition) is 1. The topological polar surface area (TPSA) is 79.0 Å². The highest BCUT2D eigenvalue weighted by atomic mass is 32.2. The molecule has 0 spiro atoms. The van der Waals surface area contributed by atoms with Gasteiger partial charge in [-0.1, -0.05) is 43.2 Å². The number of anilines is 1. The number of amides is 1. The van der Waals surface area contributed by atoms with E-state index in [1.807, 2.05) is 37.3 Å². The second-order valence-electron chi connectivity index (χ2n) is 8.93. The zero-order valence-electron chi connectivity index (χ0n) is 19.2. The summed E-state index contributed by atoms with van der Waals surface area (Å²) >= 11 is 0. The summed E-state index contributed by atoms with van der Waals surface area (Å²) in [5, 5.41) is 2.90. The van der Waals surface area contributed by atoms with Crippen LogP contribution in [0.2, 0.25) is 0 Å². The number of benzene rings is 2. The normalized spacial score (nSPS) is 23.1. The average molecular weight is 472 g/mol. The Balaban J connectivity index is 1.35. The summed E-state index contributed by atoms with van der Waals surface area (Å²) in [6.07, 6.45) is 3.92. The van der Waals surface area contributed by atoms with E-state index < -0.39 is 10.0 Å². The smallest absolute Gasteiger partial charge is 0.243 e. The van der Waals surface area contributed by atoms with Crippen LogP contribution in [0.1, 0.15) is 44.3 Å². The largest absolute Gasteiger partial charge is 0.368 e. The first-order valence-electron chi connectivity index (χ1n) is 11.7. The SMILES string of the molecule is CC1CN(CC(=O)Nc2ccc(S(=O)(=O)N3CCCCCC3)cc2)CC(c2ccccc2)O1. The summed E-state index contributed by atoms with van der Waals surface area (Å²) in [6, 6.07) is 16.5. The second-order valence-corrected chi connectivity index (χ2v) is 10.9. The Morgan fingerprint density at radius 1 is 0.970 bits per heavy atom. The van der Waals surface area contributed by atoms with Crippen LogP contribution in [0.25, 0.3) is 0 Å².